The van der Waals surface area contributed by atoms with E-state index in [1.54, 1.807) is 19.1 Å². The zero-order valence-electron chi connectivity index (χ0n) is 14.4. The van der Waals surface area contributed by atoms with Crippen LogP contribution in [0.1, 0.15) is 48.2 Å². The van der Waals surface area contributed by atoms with Gasteiger partial charge in [-0.3, -0.25) is 9.59 Å². The summed E-state index contributed by atoms with van der Waals surface area (Å²) in [6.07, 6.45) is 0.561. The number of anilines is 1. The van der Waals surface area contributed by atoms with Gasteiger partial charge < -0.3 is 15.4 Å². The number of carbonyl (C=O) groups excluding carboxylic acids is 1. The number of nitrogens with zero attached hydrogens (tertiary/aromatic N) is 1. The zero-order valence-corrected chi connectivity index (χ0v) is 14.4. The van der Waals surface area contributed by atoms with Crippen LogP contribution in [0.5, 0.6) is 0 Å². The minimum atomic E-state index is -0.489. The minimum absolute atomic E-state index is 0.0161. The summed E-state index contributed by atoms with van der Waals surface area (Å²) in [5.41, 5.74) is 1.23. The van der Waals surface area contributed by atoms with Crippen LogP contribution in [0.4, 0.5) is 5.69 Å². The summed E-state index contributed by atoms with van der Waals surface area (Å²) in [5.74, 6) is 0.0616. The molecule has 0 radical (unpaired) electrons. The second-order valence-electron chi connectivity index (χ2n) is 6.75. The number of aryl methyl sites for hydroxylation is 1. The van der Waals surface area contributed by atoms with Gasteiger partial charge in [0.05, 0.1) is 5.69 Å². The van der Waals surface area contributed by atoms with Gasteiger partial charge in [-0.05, 0) is 31.0 Å². The van der Waals surface area contributed by atoms with Gasteiger partial charge in [-0.25, -0.2) is 4.98 Å². The number of carbonyl (C=O) groups is 1. The number of H-pyrrole nitrogens is 1. The van der Waals surface area contributed by atoms with E-state index in [9.17, 15) is 9.59 Å². The lowest BCUT2D eigenvalue weighted by molar-refractivity contribution is 0.102. The van der Waals surface area contributed by atoms with E-state index in [1.165, 1.54) is 0 Å². The normalized spacial score (nSPS) is 11.4. The van der Waals surface area contributed by atoms with Crippen molar-refractivity contribution in [3.63, 3.8) is 0 Å². The van der Waals surface area contributed by atoms with E-state index in [-0.39, 0.29) is 17.6 Å². The number of hydrogen-bond acceptors (Lipinski definition) is 4. The fraction of sp³-hybridized carbons (Fsp3) is 0.389. The number of aromatic amines is 1. The lowest BCUT2D eigenvalue weighted by atomic mass is 9.95. The van der Waals surface area contributed by atoms with Crippen molar-refractivity contribution in [1.29, 1.82) is 0 Å². The summed E-state index contributed by atoms with van der Waals surface area (Å²) in [6, 6.07) is 7.13. The van der Waals surface area contributed by atoms with Crippen LogP contribution in [0.3, 0.4) is 0 Å². The van der Waals surface area contributed by atoms with Gasteiger partial charge in [0.2, 0.25) is 0 Å². The Labute approximate surface area is 141 Å². The fourth-order valence-corrected chi connectivity index (χ4v) is 2.29. The third-order valence-electron chi connectivity index (χ3n) is 3.65. The number of benzene rings is 1. The van der Waals surface area contributed by atoms with Gasteiger partial charge in [0, 0.05) is 17.7 Å². The molecule has 128 valence electrons. The summed E-state index contributed by atoms with van der Waals surface area (Å²) in [5, 5.41) is 11.6. The molecule has 2 aromatic rings. The molecule has 1 amide bonds. The van der Waals surface area contributed by atoms with Gasteiger partial charge >= 0.3 is 0 Å². The van der Waals surface area contributed by atoms with Crippen LogP contribution in [0.25, 0.3) is 0 Å². The summed E-state index contributed by atoms with van der Waals surface area (Å²) in [4.78, 5) is 31.8. The number of aromatic nitrogens is 2. The molecule has 0 fully saturated rings. The van der Waals surface area contributed by atoms with Crippen LogP contribution in [0, 0.1) is 6.92 Å². The average Bonchev–Trinajstić information content (AvgIpc) is 2.48. The van der Waals surface area contributed by atoms with Gasteiger partial charge in [-0.2, -0.15) is 0 Å². The van der Waals surface area contributed by atoms with Gasteiger partial charge in [-0.1, -0.05) is 32.9 Å². The summed E-state index contributed by atoms with van der Waals surface area (Å²) in [6.45, 7) is 7.56. The second kappa shape index (κ2) is 6.97. The predicted octanol–water partition coefficient (Wildman–Crippen LogP) is 2.16. The maximum absolute atomic E-state index is 12.4. The molecule has 1 aromatic carbocycles. The topological polar surface area (TPSA) is 95.1 Å². The van der Waals surface area contributed by atoms with E-state index in [2.05, 4.69) is 15.3 Å². The van der Waals surface area contributed by atoms with Crippen molar-refractivity contribution in [2.45, 2.75) is 39.5 Å². The van der Waals surface area contributed by atoms with Crippen LogP contribution < -0.4 is 10.9 Å². The molecule has 0 bridgehead atoms. The second-order valence-corrected chi connectivity index (χ2v) is 6.75. The van der Waals surface area contributed by atoms with Crippen LogP contribution in [-0.2, 0) is 11.8 Å². The first-order chi connectivity index (χ1) is 11.2. The van der Waals surface area contributed by atoms with Crippen molar-refractivity contribution in [3.05, 3.63) is 57.3 Å². The number of hydrogen-bond donors (Lipinski definition) is 3. The molecule has 6 heteroatoms. The van der Waals surface area contributed by atoms with Crippen molar-refractivity contribution < 1.29 is 9.90 Å². The van der Waals surface area contributed by atoms with Gasteiger partial charge in [0.15, 0.2) is 0 Å². The smallest absolute Gasteiger partial charge is 0.264 e. The molecule has 6 nitrogen and oxygen atoms in total. The van der Waals surface area contributed by atoms with Crippen molar-refractivity contribution in [2.75, 3.05) is 11.9 Å². The maximum atomic E-state index is 12.4. The van der Waals surface area contributed by atoms with E-state index >= 15 is 0 Å². The molecule has 0 aliphatic heterocycles. The third kappa shape index (κ3) is 4.08. The Hall–Kier alpha value is -2.47. The van der Waals surface area contributed by atoms with Gasteiger partial charge in [0.1, 0.15) is 11.4 Å². The van der Waals surface area contributed by atoms with Crippen molar-refractivity contribution >= 4 is 11.6 Å². The molecule has 1 aromatic heterocycles. The Morgan fingerprint density at radius 1 is 1.25 bits per heavy atom. The SMILES string of the molecule is Cc1nc(C(C)(C)C)[nH]c(=O)c1C(=O)Nc1ccc(CCO)cc1. The molecule has 3 N–H and O–H groups in total. The van der Waals surface area contributed by atoms with Crippen LogP contribution in [-0.4, -0.2) is 27.6 Å². The van der Waals surface area contributed by atoms with E-state index in [0.29, 0.717) is 23.6 Å². The molecular weight excluding hydrogens is 306 g/mol. The van der Waals surface area contributed by atoms with Gasteiger partial charge in [0.25, 0.3) is 11.5 Å². The van der Waals surface area contributed by atoms with Crippen LogP contribution in [0.15, 0.2) is 29.1 Å². The lowest BCUT2D eigenvalue weighted by Gasteiger charge is -2.18. The average molecular weight is 329 g/mol. The minimum Gasteiger partial charge on any atom is -0.396 e. The number of aliphatic hydroxyl groups is 1. The Kier molecular flexibility index (Phi) is 5.19. The first kappa shape index (κ1) is 17.9. The standard InChI is InChI=1S/C18H23N3O3/c1-11-14(16(24)21-17(19-11)18(2,3)4)15(23)20-13-7-5-12(6-8-13)9-10-22/h5-8,22H,9-10H2,1-4H3,(H,20,23)(H,19,21,24). The molecule has 1 heterocycles. The lowest BCUT2D eigenvalue weighted by Crippen LogP contribution is -2.30. The molecule has 0 aliphatic rings. The first-order valence-electron chi connectivity index (χ1n) is 7.85. The first-order valence-corrected chi connectivity index (χ1v) is 7.85. The third-order valence-corrected chi connectivity index (χ3v) is 3.65. The molecule has 0 atom stereocenters. The van der Waals surface area contributed by atoms with Crippen molar-refractivity contribution in [3.8, 4) is 0 Å². The highest BCUT2D eigenvalue weighted by atomic mass is 16.3. The Morgan fingerprint density at radius 2 is 1.88 bits per heavy atom. The number of rotatable bonds is 4. The number of nitrogens with one attached hydrogen (secondary N) is 2. The highest BCUT2D eigenvalue weighted by molar-refractivity contribution is 6.04. The Bertz CT molecular complexity index is 787. The van der Waals surface area contributed by atoms with Crippen LogP contribution in [0.2, 0.25) is 0 Å². The fourth-order valence-electron chi connectivity index (χ4n) is 2.29. The zero-order chi connectivity index (χ0) is 17.9. The molecule has 0 saturated carbocycles. The van der Waals surface area contributed by atoms with E-state index < -0.39 is 11.5 Å². The quantitative estimate of drug-likeness (QED) is 0.801. The maximum Gasteiger partial charge on any atom is 0.264 e. The largest absolute Gasteiger partial charge is 0.396 e. The van der Waals surface area contributed by atoms with Crippen LogP contribution >= 0.6 is 0 Å². The Balaban J connectivity index is 2.25. The monoisotopic (exact) mass is 329 g/mol. The molecular formula is C18H23N3O3. The molecule has 2 rings (SSSR count). The summed E-state index contributed by atoms with van der Waals surface area (Å²) >= 11 is 0. The molecule has 24 heavy (non-hydrogen) atoms. The predicted molar refractivity (Wildman–Crippen MR) is 93.5 cm³/mol. The van der Waals surface area contributed by atoms with Gasteiger partial charge in [-0.15, -0.1) is 0 Å². The van der Waals surface area contributed by atoms with Crippen molar-refractivity contribution in [2.24, 2.45) is 0 Å². The molecule has 0 aliphatic carbocycles. The molecule has 0 spiro atoms. The highest BCUT2D eigenvalue weighted by Gasteiger charge is 2.22. The molecule has 0 unspecified atom stereocenters. The van der Waals surface area contributed by atoms with E-state index in [0.717, 1.165) is 5.56 Å². The highest BCUT2D eigenvalue weighted by Crippen LogP contribution is 2.18. The summed E-state index contributed by atoms with van der Waals surface area (Å²) in [7, 11) is 0. The number of aliphatic hydroxyl groups excluding tert-OH is 1. The van der Waals surface area contributed by atoms with Crippen molar-refractivity contribution in [1.82, 2.24) is 9.97 Å². The van der Waals surface area contributed by atoms with E-state index in [4.69, 9.17) is 5.11 Å². The Morgan fingerprint density at radius 3 is 2.38 bits per heavy atom. The number of amides is 1. The van der Waals surface area contributed by atoms with E-state index in [1.807, 2.05) is 32.9 Å². The molecule has 0 saturated heterocycles. The summed E-state index contributed by atoms with van der Waals surface area (Å²) < 4.78 is 0.